The van der Waals surface area contributed by atoms with Crippen LogP contribution in [0, 0.1) is 5.92 Å². The molecule has 0 radical (unpaired) electrons. The number of rotatable bonds is 5. The van der Waals surface area contributed by atoms with Gasteiger partial charge in [0.05, 0.1) is 6.61 Å². The molecule has 1 aliphatic heterocycles. The van der Waals surface area contributed by atoms with Crippen molar-refractivity contribution >= 4 is 12.0 Å². The molecule has 0 aromatic carbocycles. The number of nitrogens with zero attached hydrogens (tertiary/aromatic N) is 1. The van der Waals surface area contributed by atoms with Crippen molar-refractivity contribution in [1.82, 2.24) is 10.2 Å². The standard InChI is InChI=1S/C12H19F3N2O4/c1-8-3-2-5-17(9(8)10(18)19)11(20)16-4-6-21-7-12(13,14)15/h8-9H,2-7H2,1H3,(H,16,20)(H,18,19). The quantitative estimate of drug-likeness (QED) is 0.753. The van der Waals surface area contributed by atoms with Crippen molar-refractivity contribution in [2.45, 2.75) is 32.0 Å². The van der Waals surface area contributed by atoms with Gasteiger partial charge in [0.15, 0.2) is 0 Å². The van der Waals surface area contributed by atoms with Crippen LogP contribution in [-0.2, 0) is 9.53 Å². The summed E-state index contributed by atoms with van der Waals surface area (Å²) in [7, 11) is 0. The van der Waals surface area contributed by atoms with E-state index in [2.05, 4.69) is 10.1 Å². The zero-order valence-corrected chi connectivity index (χ0v) is 11.7. The molecule has 0 aromatic rings. The Morgan fingerprint density at radius 3 is 2.67 bits per heavy atom. The van der Waals surface area contributed by atoms with E-state index in [1.165, 1.54) is 4.90 Å². The van der Waals surface area contributed by atoms with Gasteiger partial charge in [0.25, 0.3) is 0 Å². The molecule has 2 atom stereocenters. The highest BCUT2D eigenvalue weighted by atomic mass is 19.4. The summed E-state index contributed by atoms with van der Waals surface area (Å²) in [6.45, 7) is 0.307. The van der Waals surface area contributed by atoms with Gasteiger partial charge >= 0.3 is 18.2 Å². The maximum atomic E-state index is 11.9. The molecule has 0 bridgehead atoms. The number of halogens is 3. The second-order valence-corrected chi connectivity index (χ2v) is 5.00. The summed E-state index contributed by atoms with van der Waals surface area (Å²) in [6, 6.07) is -1.50. The van der Waals surface area contributed by atoms with E-state index in [1.54, 1.807) is 6.92 Å². The Morgan fingerprint density at radius 2 is 2.10 bits per heavy atom. The number of hydrogen-bond acceptors (Lipinski definition) is 3. The third-order valence-corrected chi connectivity index (χ3v) is 3.24. The molecule has 1 aliphatic rings. The number of urea groups is 1. The lowest BCUT2D eigenvalue weighted by atomic mass is 9.91. The van der Waals surface area contributed by atoms with Crippen molar-refractivity contribution < 1.29 is 32.6 Å². The first-order valence-electron chi connectivity index (χ1n) is 6.64. The van der Waals surface area contributed by atoms with E-state index in [9.17, 15) is 22.8 Å². The third-order valence-electron chi connectivity index (χ3n) is 3.24. The van der Waals surface area contributed by atoms with Crippen molar-refractivity contribution in [3.63, 3.8) is 0 Å². The summed E-state index contributed by atoms with van der Waals surface area (Å²) in [6.07, 6.45) is -2.99. The normalized spacial score (nSPS) is 23.0. The summed E-state index contributed by atoms with van der Waals surface area (Å²) in [4.78, 5) is 24.3. The summed E-state index contributed by atoms with van der Waals surface area (Å²) < 4.78 is 39.8. The maximum absolute atomic E-state index is 11.9. The Bertz CT molecular complexity index is 376. The molecule has 2 N–H and O–H groups in total. The average Bonchev–Trinajstić information content (AvgIpc) is 2.35. The number of likely N-dealkylation sites (tertiary alicyclic amines) is 1. The lowest BCUT2D eigenvalue weighted by Crippen LogP contribution is -2.55. The number of carbonyl (C=O) groups excluding carboxylic acids is 1. The highest BCUT2D eigenvalue weighted by Gasteiger charge is 2.36. The predicted octanol–water partition coefficient (Wildman–Crippen LogP) is 1.46. The van der Waals surface area contributed by atoms with E-state index >= 15 is 0 Å². The van der Waals surface area contributed by atoms with Crippen LogP contribution < -0.4 is 5.32 Å². The maximum Gasteiger partial charge on any atom is 0.411 e. The summed E-state index contributed by atoms with van der Waals surface area (Å²) in [5.74, 6) is -1.24. The van der Waals surface area contributed by atoms with E-state index in [0.717, 1.165) is 6.42 Å². The fourth-order valence-corrected chi connectivity index (χ4v) is 2.31. The number of alkyl halides is 3. The molecule has 2 unspecified atom stereocenters. The predicted molar refractivity (Wildman–Crippen MR) is 66.8 cm³/mol. The van der Waals surface area contributed by atoms with Gasteiger partial charge in [-0.05, 0) is 18.8 Å². The van der Waals surface area contributed by atoms with Crippen molar-refractivity contribution in [1.29, 1.82) is 0 Å². The molecule has 9 heteroatoms. The van der Waals surface area contributed by atoms with Gasteiger partial charge < -0.3 is 20.1 Å². The van der Waals surface area contributed by atoms with Gasteiger partial charge in [0.2, 0.25) is 0 Å². The number of carbonyl (C=O) groups is 2. The smallest absolute Gasteiger partial charge is 0.411 e. The molecular weight excluding hydrogens is 293 g/mol. The van der Waals surface area contributed by atoms with Crippen LogP contribution in [0.15, 0.2) is 0 Å². The van der Waals surface area contributed by atoms with Crippen LogP contribution in [0.4, 0.5) is 18.0 Å². The molecule has 21 heavy (non-hydrogen) atoms. The number of aliphatic carboxylic acids is 1. The minimum Gasteiger partial charge on any atom is -0.480 e. The highest BCUT2D eigenvalue weighted by molar-refractivity contribution is 5.83. The summed E-state index contributed by atoms with van der Waals surface area (Å²) in [5, 5.41) is 11.5. The van der Waals surface area contributed by atoms with Crippen LogP contribution in [0.3, 0.4) is 0 Å². The number of carboxylic acids is 1. The number of ether oxygens (including phenoxy) is 1. The summed E-state index contributed by atoms with van der Waals surface area (Å²) >= 11 is 0. The Labute approximate surface area is 120 Å². The van der Waals surface area contributed by atoms with Crippen molar-refractivity contribution in [3.8, 4) is 0 Å². The second-order valence-electron chi connectivity index (χ2n) is 5.00. The van der Waals surface area contributed by atoms with Crippen LogP contribution in [0.5, 0.6) is 0 Å². The summed E-state index contributed by atoms with van der Waals surface area (Å²) in [5.41, 5.74) is 0. The van der Waals surface area contributed by atoms with Crippen LogP contribution in [0.2, 0.25) is 0 Å². The molecule has 1 saturated heterocycles. The number of nitrogens with one attached hydrogen (secondary N) is 1. The third kappa shape index (κ3) is 5.78. The van der Waals surface area contributed by atoms with E-state index in [1.807, 2.05) is 0 Å². The Kier molecular flexibility index (Phi) is 6.25. The molecule has 1 fully saturated rings. The first kappa shape index (κ1) is 17.5. The van der Waals surface area contributed by atoms with Crippen molar-refractivity contribution in [2.75, 3.05) is 26.3 Å². The molecule has 122 valence electrons. The second kappa shape index (κ2) is 7.48. The Hall–Kier alpha value is -1.51. The Morgan fingerprint density at radius 1 is 1.43 bits per heavy atom. The average molecular weight is 312 g/mol. The molecule has 0 spiro atoms. The molecule has 0 aromatic heterocycles. The van der Waals surface area contributed by atoms with E-state index < -0.39 is 30.8 Å². The number of carboxylic acid groups (broad SMARTS) is 1. The van der Waals surface area contributed by atoms with Gasteiger partial charge in [0, 0.05) is 13.1 Å². The van der Waals surface area contributed by atoms with Gasteiger partial charge in [-0.25, -0.2) is 9.59 Å². The first-order chi connectivity index (χ1) is 9.72. The zero-order chi connectivity index (χ0) is 16.0. The number of hydrogen-bond donors (Lipinski definition) is 2. The van der Waals surface area contributed by atoms with E-state index in [4.69, 9.17) is 5.11 Å². The monoisotopic (exact) mass is 312 g/mol. The highest BCUT2D eigenvalue weighted by Crippen LogP contribution is 2.23. The molecule has 1 heterocycles. The van der Waals surface area contributed by atoms with E-state index in [-0.39, 0.29) is 19.1 Å². The number of piperidine rings is 1. The Balaban J connectivity index is 2.38. The van der Waals surface area contributed by atoms with Gasteiger partial charge in [-0.15, -0.1) is 0 Å². The van der Waals surface area contributed by atoms with E-state index in [0.29, 0.717) is 13.0 Å². The van der Waals surface area contributed by atoms with Crippen LogP contribution >= 0.6 is 0 Å². The lowest BCUT2D eigenvalue weighted by Gasteiger charge is -2.37. The number of amides is 2. The molecule has 1 rings (SSSR count). The van der Waals surface area contributed by atoms with Gasteiger partial charge in [0.1, 0.15) is 12.6 Å². The lowest BCUT2D eigenvalue weighted by molar-refractivity contribution is -0.173. The topological polar surface area (TPSA) is 78.9 Å². The van der Waals surface area contributed by atoms with Gasteiger partial charge in [-0.3, -0.25) is 0 Å². The molecule has 0 saturated carbocycles. The first-order valence-corrected chi connectivity index (χ1v) is 6.64. The van der Waals surface area contributed by atoms with Crippen molar-refractivity contribution in [2.24, 2.45) is 5.92 Å². The minimum absolute atomic E-state index is 0.105. The van der Waals surface area contributed by atoms with Crippen molar-refractivity contribution in [3.05, 3.63) is 0 Å². The van der Waals surface area contributed by atoms with Crippen LogP contribution in [0.25, 0.3) is 0 Å². The molecule has 0 aliphatic carbocycles. The van der Waals surface area contributed by atoms with Crippen LogP contribution in [-0.4, -0.2) is 60.5 Å². The molecule has 6 nitrogen and oxygen atoms in total. The fourth-order valence-electron chi connectivity index (χ4n) is 2.31. The van der Waals surface area contributed by atoms with Crippen LogP contribution in [0.1, 0.15) is 19.8 Å². The molecular formula is C12H19F3N2O4. The fraction of sp³-hybridized carbons (Fsp3) is 0.833. The van der Waals surface area contributed by atoms with Gasteiger partial charge in [-0.1, -0.05) is 6.92 Å². The van der Waals surface area contributed by atoms with Gasteiger partial charge in [-0.2, -0.15) is 13.2 Å². The SMILES string of the molecule is CC1CCCN(C(=O)NCCOCC(F)(F)F)C1C(=O)O. The largest absolute Gasteiger partial charge is 0.480 e. The zero-order valence-electron chi connectivity index (χ0n) is 11.7. The molecule has 2 amide bonds. The minimum atomic E-state index is -4.40.